The molecule has 2 rings (SSSR count). The van der Waals surface area contributed by atoms with Crippen LogP contribution in [0.15, 0.2) is 4.99 Å². The van der Waals surface area contributed by atoms with E-state index in [0.717, 1.165) is 64.4 Å². The topological polar surface area (TPSA) is 75.2 Å². The van der Waals surface area contributed by atoms with Gasteiger partial charge in [-0.1, -0.05) is 19.3 Å². The number of piperidine rings is 1. The lowest BCUT2D eigenvalue weighted by molar-refractivity contribution is -0.125. The highest BCUT2D eigenvalue weighted by Gasteiger charge is 2.22. The van der Waals surface area contributed by atoms with Gasteiger partial charge in [-0.05, 0) is 32.1 Å². The van der Waals surface area contributed by atoms with Gasteiger partial charge < -0.3 is 25.0 Å². The molecule has 1 amide bonds. The van der Waals surface area contributed by atoms with Crippen molar-refractivity contribution in [3.8, 4) is 0 Å². The molecule has 2 N–H and O–H groups in total. The molecule has 1 heterocycles. The maximum absolute atomic E-state index is 12.2. The molecule has 7 nitrogen and oxygen atoms in total. The van der Waals surface area contributed by atoms with Crippen LogP contribution in [0.3, 0.4) is 0 Å². The van der Waals surface area contributed by atoms with Crippen molar-refractivity contribution >= 4 is 35.8 Å². The molecule has 0 radical (unpaired) electrons. The third-order valence-corrected chi connectivity index (χ3v) is 5.48. The Morgan fingerprint density at radius 1 is 1.04 bits per heavy atom. The van der Waals surface area contributed by atoms with Crippen LogP contribution in [0.25, 0.3) is 0 Å². The molecule has 164 valence electrons. The van der Waals surface area contributed by atoms with Crippen molar-refractivity contribution < 1.29 is 14.3 Å². The molecule has 0 aromatic carbocycles. The van der Waals surface area contributed by atoms with Crippen molar-refractivity contribution in [1.29, 1.82) is 0 Å². The summed E-state index contributed by atoms with van der Waals surface area (Å²) in [5.41, 5.74) is 0. The van der Waals surface area contributed by atoms with Crippen LogP contribution in [-0.4, -0.2) is 76.4 Å². The number of guanidine groups is 1. The van der Waals surface area contributed by atoms with E-state index in [1.807, 2.05) is 7.05 Å². The summed E-state index contributed by atoms with van der Waals surface area (Å²) >= 11 is 0. The van der Waals surface area contributed by atoms with Gasteiger partial charge in [0, 0.05) is 59.5 Å². The second kappa shape index (κ2) is 15.3. The zero-order valence-electron chi connectivity index (χ0n) is 17.6. The van der Waals surface area contributed by atoms with Gasteiger partial charge >= 0.3 is 0 Å². The fraction of sp³-hybridized carbons (Fsp3) is 0.900. The van der Waals surface area contributed by atoms with Gasteiger partial charge in [0.25, 0.3) is 0 Å². The van der Waals surface area contributed by atoms with E-state index in [1.54, 1.807) is 7.11 Å². The van der Waals surface area contributed by atoms with Gasteiger partial charge in [-0.3, -0.25) is 9.79 Å². The molecule has 2 aliphatic rings. The lowest BCUT2D eigenvalue weighted by Crippen LogP contribution is -2.48. The van der Waals surface area contributed by atoms with Crippen LogP contribution >= 0.6 is 24.0 Å². The quantitative estimate of drug-likeness (QED) is 0.216. The molecule has 0 bridgehead atoms. The largest absolute Gasteiger partial charge is 0.385 e. The Balaban J connectivity index is 0.00000392. The normalized spacial score (nSPS) is 19.2. The van der Waals surface area contributed by atoms with E-state index in [0.29, 0.717) is 19.2 Å². The molecule has 0 spiro atoms. The van der Waals surface area contributed by atoms with Crippen LogP contribution in [0.5, 0.6) is 0 Å². The minimum atomic E-state index is 0. The number of aliphatic imine (C=N–C) groups is 1. The number of amides is 1. The minimum Gasteiger partial charge on any atom is -0.385 e. The van der Waals surface area contributed by atoms with Gasteiger partial charge in [-0.25, -0.2) is 0 Å². The Morgan fingerprint density at radius 2 is 1.71 bits per heavy atom. The standard InChI is InChI=1S/C20H38N4O3.HI/c1-21-20(23-12-11-22-19(25)17-7-4-3-5-8-17)24-13-9-18(10-14-24)27-16-6-15-26-2;/h17-18H,3-16H2,1-2H3,(H,21,23)(H,22,25);1H. The van der Waals surface area contributed by atoms with Crippen LogP contribution < -0.4 is 10.6 Å². The monoisotopic (exact) mass is 510 g/mol. The second-order valence-electron chi connectivity index (χ2n) is 7.50. The van der Waals surface area contributed by atoms with E-state index in [1.165, 1.54) is 19.3 Å². The van der Waals surface area contributed by atoms with Crippen LogP contribution in [0.1, 0.15) is 51.4 Å². The first-order valence-electron chi connectivity index (χ1n) is 10.6. The number of rotatable bonds is 9. The smallest absolute Gasteiger partial charge is 0.223 e. The molecule has 28 heavy (non-hydrogen) atoms. The van der Waals surface area contributed by atoms with Gasteiger partial charge in [0.1, 0.15) is 0 Å². The van der Waals surface area contributed by atoms with Crippen LogP contribution in [0.2, 0.25) is 0 Å². The number of carbonyl (C=O) groups excluding carboxylic acids is 1. The van der Waals surface area contributed by atoms with Gasteiger partial charge in [-0.15, -0.1) is 24.0 Å². The van der Waals surface area contributed by atoms with E-state index < -0.39 is 0 Å². The van der Waals surface area contributed by atoms with Crippen molar-refractivity contribution in [2.24, 2.45) is 10.9 Å². The van der Waals surface area contributed by atoms with E-state index in [4.69, 9.17) is 9.47 Å². The fourth-order valence-electron chi connectivity index (χ4n) is 3.89. The third kappa shape index (κ3) is 9.26. The zero-order chi connectivity index (χ0) is 19.3. The Labute approximate surface area is 187 Å². The van der Waals surface area contributed by atoms with E-state index in [9.17, 15) is 4.79 Å². The Hall–Kier alpha value is -0.610. The second-order valence-corrected chi connectivity index (χ2v) is 7.50. The first-order chi connectivity index (χ1) is 13.2. The molecule has 0 unspecified atom stereocenters. The van der Waals surface area contributed by atoms with E-state index in [-0.39, 0.29) is 35.8 Å². The number of hydrogen-bond donors (Lipinski definition) is 2. The predicted molar refractivity (Wildman–Crippen MR) is 123 cm³/mol. The Morgan fingerprint density at radius 3 is 2.36 bits per heavy atom. The molecule has 0 atom stereocenters. The van der Waals surface area contributed by atoms with Gasteiger partial charge in [0.2, 0.25) is 5.91 Å². The maximum Gasteiger partial charge on any atom is 0.223 e. The van der Waals surface area contributed by atoms with Crippen LogP contribution in [0, 0.1) is 5.92 Å². The number of halogens is 1. The van der Waals surface area contributed by atoms with Crippen molar-refractivity contribution in [1.82, 2.24) is 15.5 Å². The summed E-state index contributed by atoms with van der Waals surface area (Å²) in [7, 11) is 3.54. The molecule has 1 saturated carbocycles. The number of carbonyl (C=O) groups is 1. The summed E-state index contributed by atoms with van der Waals surface area (Å²) in [5.74, 6) is 1.36. The highest BCUT2D eigenvalue weighted by molar-refractivity contribution is 14.0. The molecule has 1 aliphatic heterocycles. The predicted octanol–water partition coefficient (Wildman–Crippen LogP) is 2.39. The number of ether oxygens (including phenoxy) is 2. The molecule has 2 fully saturated rings. The third-order valence-electron chi connectivity index (χ3n) is 5.48. The average molecular weight is 510 g/mol. The summed E-state index contributed by atoms with van der Waals surface area (Å²) in [6, 6.07) is 0. The summed E-state index contributed by atoms with van der Waals surface area (Å²) in [4.78, 5) is 18.8. The minimum absolute atomic E-state index is 0. The lowest BCUT2D eigenvalue weighted by atomic mass is 9.89. The number of nitrogens with zero attached hydrogens (tertiary/aromatic N) is 2. The number of methoxy groups -OCH3 is 1. The summed E-state index contributed by atoms with van der Waals surface area (Å²) in [6.45, 7) is 4.77. The summed E-state index contributed by atoms with van der Waals surface area (Å²) < 4.78 is 11.0. The molecule has 1 aliphatic carbocycles. The van der Waals surface area contributed by atoms with Crippen molar-refractivity contribution in [2.45, 2.75) is 57.5 Å². The van der Waals surface area contributed by atoms with Crippen molar-refractivity contribution in [3.63, 3.8) is 0 Å². The maximum atomic E-state index is 12.2. The molecule has 0 aromatic heterocycles. The Bertz CT molecular complexity index is 451. The number of hydrogen-bond acceptors (Lipinski definition) is 4. The number of likely N-dealkylation sites (tertiary alicyclic amines) is 1. The average Bonchev–Trinajstić information content (AvgIpc) is 2.72. The lowest BCUT2D eigenvalue weighted by Gasteiger charge is -2.34. The highest BCUT2D eigenvalue weighted by atomic mass is 127. The van der Waals surface area contributed by atoms with E-state index in [2.05, 4.69) is 20.5 Å². The SMILES string of the molecule is CN=C(NCCNC(=O)C1CCCCC1)N1CCC(OCCCOC)CC1.I. The molecule has 1 saturated heterocycles. The summed E-state index contributed by atoms with van der Waals surface area (Å²) in [6.07, 6.45) is 9.07. The first kappa shape index (κ1) is 25.4. The molecule has 8 heteroatoms. The molecule has 0 aromatic rings. The zero-order valence-corrected chi connectivity index (χ0v) is 19.9. The Kier molecular flexibility index (Phi) is 13.9. The van der Waals surface area contributed by atoms with Crippen molar-refractivity contribution in [3.05, 3.63) is 0 Å². The van der Waals surface area contributed by atoms with Crippen molar-refractivity contribution in [2.75, 3.05) is 53.6 Å². The molecular formula is C20H39IN4O3. The van der Waals surface area contributed by atoms with E-state index >= 15 is 0 Å². The fourth-order valence-corrected chi connectivity index (χ4v) is 3.89. The van der Waals surface area contributed by atoms with Gasteiger partial charge in [0.15, 0.2) is 5.96 Å². The first-order valence-corrected chi connectivity index (χ1v) is 10.6. The molecular weight excluding hydrogens is 471 g/mol. The summed E-state index contributed by atoms with van der Waals surface area (Å²) in [5, 5.41) is 6.45. The van der Waals surface area contributed by atoms with Gasteiger partial charge in [-0.2, -0.15) is 0 Å². The number of nitrogens with one attached hydrogen (secondary N) is 2. The van der Waals surface area contributed by atoms with Gasteiger partial charge in [0.05, 0.1) is 6.10 Å². The van der Waals surface area contributed by atoms with Crippen LogP contribution in [-0.2, 0) is 14.3 Å². The van der Waals surface area contributed by atoms with Crippen LogP contribution in [0.4, 0.5) is 0 Å². The highest BCUT2D eigenvalue weighted by Crippen LogP contribution is 2.23.